The fourth-order valence-electron chi connectivity index (χ4n) is 2.88. The highest BCUT2D eigenvalue weighted by Crippen LogP contribution is 2.44. The normalized spacial score (nSPS) is 12.2. The van der Waals surface area contributed by atoms with Crippen LogP contribution in [0.1, 0.15) is 35.0 Å². The Morgan fingerprint density at radius 3 is 3.00 bits per heavy atom. The van der Waals surface area contributed by atoms with Crippen molar-refractivity contribution in [3.05, 3.63) is 59.0 Å². The van der Waals surface area contributed by atoms with Crippen LogP contribution in [0.5, 0.6) is 5.75 Å². The van der Waals surface area contributed by atoms with E-state index < -0.39 is 0 Å². The Balaban J connectivity index is 1.50. The van der Waals surface area contributed by atoms with Gasteiger partial charge in [0.25, 0.3) is 5.91 Å². The van der Waals surface area contributed by atoms with Crippen LogP contribution in [-0.2, 0) is 5.75 Å². The summed E-state index contributed by atoms with van der Waals surface area (Å²) in [5.41, 5.74) is 2.71. The van der Waals surface area contributed by atoms with Crippen molar-refractivity contribution >= 4 is 34.1 Å². The lowest BCUT2D eigenvalue weighted by molar-refractivity contribution is 0.102. The zero-order valence-corrected chi connectivity index (χ0v) is 16.7. The van der Waals surface area contributed by atoms with Gasteiger partial charge >= 0.3 is 0 Å². The smallest absolute Gasteiger partial charge is 0.257 e. The second kappa shape index (κ2) is 8.15. The first-order valence-electron chi connectivity index (χ1n) is 9.00. The van der Waals surface area contributed by atoms with Gasteiger partial charge in [0.2, 0.25) is 0 Å². The Morgan fingerprint density at radius 1 is 1.22 bits per heavy atom. The molecule has 0 unspecified atom stereocenters. The molecule has 138 valence electrons. The van der Waals surface area contributed by atoms with Gasteiger partial charge in [-0.05, 0) is 30.7 Å². The molecular formula is C21H20N2O2S2. The van der Waals surface area contributed by atoms with E-state index in [2.05, 4.69) is 29.4 Å². The van der Waals surface area contributed by atoms with E-state index in [1.807, 2.05) is 36.0 Å². The summed E-state index contributed by atoms with van der Waals surface area (Å²) in [7, 11) is 0. The minimum atomic E-state index is -0.164. The lowest BCUT2D eigenvalue weighted by Crippen LogP contribution is -2.11. The Labute approximate surface area is 167 Å². The van der Waals surface area contributed by atoms with Gasteiger partial charge in [-0.25, -0.2) is 4.98 Å². The molecule has 2 aromatic carbocycles. The van der Waals surface area contributed by atoms with Crippen LogP contribution in [0.15, 0.2) is 53.4 Å². The first kappa shape index (κ1) is 18.1. The van der Waals surface area contributed by atoms with Gasteiger partial charge in [-0.15, -0.1) is 23.1 Å². The van der Waals surface area contributed by atoms with Crippen molar-refractivity contribution in [3.63, 3.8) is 0 Å². The van der Waals surface area contributed by atoms with Gasteiger partial charge in [-0.1, -0.05) is 37.6 Å². The average molecular weight is 397 g/mol. The predicted octanol–water partition coefficient (Wildman–Crippen LogP) is 5.85. The van der Waals surface area contributed by atoms with E-state index >= 15 is 0 Å². The maximum atomic E-state index is 12.6. The number of carbonyl (C=O) groups is 1. The highest BCUT2D eigenvalue weighted by Gasteiger charge is 2.22. The third kappa shape index (κ3) is 4.01. The van der Waals surface area contributed by atoms with Crippen molar-refractivity contribution in [3.8, 4) is 17.0 Å². The second-order valence-corrected chi connectivity index (χ2v) is 8.36. The van der Waals surface area contributed by atoms with Crippen LogP contribution < -0.4 is 10.1 Å². The van der Waals surface area contributed by atoms with E-state index in [4.69, 9.17) is 4.74 Å². The summed E-state index contributed by atoms with van der Waals surface area (Å²) in [5, 5.41) is 3.58. The van der Waals surface area contributed by atoms with E-state index in [1.165, 1.54) is 9.77 Å². The van der Waals surface area contributed by atoms with Crippen LogP contribution in [0, 0.1) is 0 Å². The summed E-state index contributed by atoms with van der Waals surface area (Å²) in [4.78, 5) is 19.8. The average Bonchev–Trinajstić information content (AvgIpc) is 3.11. The third-order valence-corrected chi connectivity index (χ3v) is 6.54. The molecule has 1 aliphatic rings. The molecule has 6 heteroatoms. The van der Waals surface area contributed by atoms with E-state index in [0.29, 0.717) is 17.3 Å². The number of nitrogens with one attached hydrogen (secondary N) is 1. The van der Waals surface area contributed by atoms with Crippen LogP contribution in [0.25, 0.3) is 11.3 Å². The molecule has 0 radical (unpaired) electrons. The summed E-state index contributed by atoms with van der Waals surface area (Å²) in [6.45, 7) is 2.79. The zero-order valence-electron chi connectivity index (χ0n) is 15.0. The highest BCUT2D eigenvalue weighted by atomic mass is 32.2. The number of nitrogens with zero attached hydrogens (tertiary/aromatic N) is 1. The van der Waals surface area contributed by atoms with Crippen molar-refractivity contribution in [2.24, 2.45) is 0 Å². The molecule has 0 spiro atoms. The first-order chi connectivity index (χ1) is 13.2. The molecule has 27 heavy (non-hydrogen) atoms. The minimum Gasteiger partial charge on any atom is -0.494 e. The number of thiazole rings is 1. The van der Waals surface area contributed by atoms with Crippen LogP contribution >= 0.6 is 23.1 Å². The Hall–Kier alpha value is -2.31. The standard InChI is InChI=1S/C21H20N2O2S2/c1-2-3-11-25-15-8-6-7-14(12-15)20(24)23-21-22-19-16-9-4-5-10-17(16)26-13-18(19)27-21/h4-10,12H,2-3,11,13H2,1H3,(H,22,23,24). The predicted molar refractivity (Wildman–Crippen MR) is 112 cm³/mol. The molecule has 0 saturated heterocycles. The molecule has 4 rings (SSSR count). The molecule has 1 N–H and O–H groups in total. The summed E-state index contributed by atoms with van der Waals surface area (Å²) >= 11 is 3.36. The number of thioether (sulfide) groups is 1. The molecule has 0 bridgehead atoms. The molecule has 3 aromatic rings. The molecular weight excluding hydrogens is 376 g/mol. The van der Waals surface area contributed by atoms with Crippen molar-refractivity contribution in [2.75, 3.05) is 11.9 Å². The number of benzene rings is 2. The third-order valence-electron chi connectivity index (χ3n) is 4.28. The van der Waals surface area contributed by atoms with Gasteiger partial charge in [0.15, 0.2) is 5.13 Å². The maximum absolute atomic E-state index is 12.6. The molecule has 4 nitrogen and oxygen atoms in total. The molecule has 1 aromatic heterocycles. The van der Waals surface area contributed by atoms with Gasteiger partial charge in [-0.2, -0.15) is 0 Å². The van der Waals surface area contributed by atoms with Crippen LogP contribution in [0.4, 0.5) is 5.13 Å². The van der Waals surface area contributed by atoms with Crippen LogP contribution in [0.3, 0.4) is 0 Å². The SMILES string of the molecule is CCCCOc1cccc(C(=O)Nc2nc3c(s2)CSc2ccccc2-3)c1. The Morgan fingerprint density at radius 2 is 2.11 bits per heavy atom. The quantitative estimate of drug-likeness (QED) is 0.531. The number of carbonyl (C=O) groups excluding carboxylic acids is 1. The van der Waals surface area contributed by atoms with Crippen molar-refractivity contribution in [2.45, 2.75) is 30.4 Å². The highest BCUT2D eigenvalue weighted by molar-refractivity contribution is 7.98. The van der Waals surface area contributed by atoms with Crippen molar-refractivity contribution in [1.82, 2.24) is 4.98 Å². The van der Waals surface area contributed by atoms with Gasteiger partial charge in [0.1, 0.15) is 5.75 Å². The number of hydrogen-bond donors (Lipinski definition) is 1. The number of aromatic nitrogens is 1. The summed E-state index contributed by atoms with van der Waals surface area (Å²) in [6.07, 6.45) is 2.08. The zero-order chi connectivity index (χ0) is 18.6. The molecule has 0 fully saturated rings. The van der Waals surface area contributed by atoms with Crippen LogP contribution in [-0.4, -0.2) is 17.5 Å². The van der Waals surface area contributed by atoms with E-state index in [0.717, 1.165) is 35.6 Å². The largest absolute Gasteiger partial charge is 0.494 e. The first-order valence-corrected chi connectivity index (χ1v) is 10.8. The maximum Gasteiger partial charge on any atom is 0.257 e. The lowest BCUT2D eigenvalue weighted by Gasteiger charge is -2.13. The number of ether oxygens (including phenoxy) is 1. The van der Waals surface area contributed by atoms with Gasteiger partial charge < -0.3 is 4.74 Å². The molecule has 1 amide bonds. The molecule has 0 aliphatic carbocycles. The molecule has 1 aliphatic heterocycles. The van der Waals surface area contributed by atoms with Gasteiger partial charge in [-0.3, -0.25) is 10.1 Å². The molecule has 2 heterocycles. The Kier molecular flexibility index (Phi) is 5.45. The Bertz CT molecular complexity index is 968. The number of anilines is 1. The number of hydrogen-bond acceptors (Lipinski definition) is 5. The van der Waals surface area contributed by atoms with E-state index in [1.54, 1.807) is 23.5 Å². The van der Waals surface area contributed by atoms with E-state index in [-0.39, 0.29) is 5.91 Å². The number of rotatable bonds is 6. The van der Waals surface area contributed by atoms with Gasteiger partial charge in [0.05, 0.1) is 12.3 Å². The lowest BCUT2D eigenvalue weighted by atomic mass is 10.1. The minimum absolute atomic E-state index is 0.164. The number of unbranched alkanes of at least 4 members (excludes halogenated alkanes) is 1. The monoisotopic (exact) mass is 396 g/mol. The van der Waals surface area contributed by atoms with Crippen LogP contribution in [0.2, 0.25) is 0 Å². The fraction of sp³-hybridized carbons (Fsp3) is 0.238. The van der Waals surface area contributed by atoms with Crippen molar-refractivity contribution in [1.29, 1.82) is 0 Å². The van der Waals surface area contributed by atoms with E-state index in [9.17, 15) is 4.79 Å². The molecule has 0 saturated carbocycles. The summed E-state index contributed by atoms with van der Waals surface area (Å²) in [6, 6.07) is 15.6. The summed E-state index contributed by atoms with van der Waals surface area (Å²) in [5.74, 6) is 1.45. The number of amides is 1. The molecule has 0 atom stereocenters. The summed E-state index contributed by atoms with van der Waals surface area (Å²) < 4.78 is 5.70. The topological polar surface area (TPSA) is 51.2 Å². The van der Waals surface area contributed by atoms with Crippen molar-refractivity contribution < 1.29 is 9.53 Å². The number of fused-ring (bicyclic) bond motifs is 3. The second-order valence-electron chi connectivity index (χ2n) is 6.26. The fourth-order valence-corrected chi connectivity index (χ4v) is 4.97. The van der Waals surface area contributed by atoms with Gasteiger partial charge in [0, 0.05) is 26.7 Å².